The Balaban J connectivity index is 0.000000165. The minimum absolute atomic E-state index is 0.305. The molecule has 0 saturated carbocycles. The van der Waals surface area contributed by atoms with Gasteiger partial charge < -0.3 is 5.11 Å². The summed E-state index contributed by atoms with van der Waals surface area (Å²) in [6.45, 7) is 29.8. The molecule has 0 radical (unpaired) electrons. The normalized spacial score (nSPS) is 10.7. The van der Waals surface area contributed by atoms with E-state index in [1.165, 1.54) is 38.9 Å². The number of para-hydroxylation sites is 1. The predicted molar refractivity (Wildman–Crippen MR) is 344 cm³/mol. The minimum atomic E-state index is 0.305. The molecule has 5 heterocycles. The Morgan fingerprint density at radius 1 is 0.366 bits per heavy atom. The number of nitriles is 1. The summed E-state index contributed by atoms with van der Waals surface area (Å²) in [5, 5.41) is 19.0. The third kappa shape index (κ3) is 18.6. The van der Waals surface area contributed by atoms with Crippen LogP contribution in [0, 0.1) is 39.0 Å². The molecule has 0 aliphatic carbocycles. The van der Waals surface area contributed by atoms with Crippen LogP contribution in [0.1, 0.15) is 155 Å². The fourth-order valence-electron chi connectivity index (χ4n) is 8.85. The Hall–Kier alpha value is -8.86. The first-order valence-electron chi connectivity index (χ1n) is 28.6. The summed E-state index contributed by atoms with van der Waals surface area (Å²) in [4.78, 5) is 22.7. The van der Waals surface area contributed by atoms with Crippen LogP contribution in [0.15, 0.2) is 206 Å². The molecule has 0 bridgehead atoms. The number of hydrogen-bond acceptors (Lipinski definition) is 7. The lowest BCUT2D eigenvalue weighted by Crippen LogP contribution is -1.93. The van der Waals surface area contributed by atoms with E-state index in [2.05, 4.69) is 248 Å². The lowest BCUT2D eigenvalue weighted by molar-refractivity contribution is 0.466. The van der Waals surface area contributed by atoms with Crippen molar-refractivity contribution in [2.45, 2.75) is 127 Å². The standard InChI is InChI=1S/C15H14N2.C15H17NO.3C15H17N/c1-11(2)13-4-3-5-14(8-13)15-7-6-12(9-16)10-17-15;1-10(2)12-7-5-8-13(15(12)17)14-9-4-6-11(3)16-14;1-11(2)13-7-5-8-14(10-13)15-9-4-6-12(3)16-15;2*1-11(2)14-8-5-9-15(16-14)13-7-4-6-12(3)10-13/h3-8,10-11H,1-2H3;4-10,17H,1-3H3;3*4-11H,1-3H3. The fraction of sp³-hybridized carbons (Fsp3) is 0.253. The Morgan fingerprint density at radius 3 is 1.18 bits per heavy atom. The maximum atomic E-state index is 10.3. The smallest absolute Gasteiger partial charge is 0.128 e. The number of rotatable bonds is 10. The van der Waals surface area contributed by atoms with Gasteiger partial charge in [0.2, 0.25) is 0 Å². The van der Waals surface area contributed by atoms with Gasteiger partial charge in [-0.25, -0.2) is 0 Å². The molecule has 10 rings (SSSR count). The van der Waals surface area contributed by atoms with E-state index in [9.17, 15) is 5.11 Å². The largest absolute Gasteiger partial charge is 0.507 e. The van der Waals surface area contributed by atoms with Crippen molar-refractivity contribution >= 4 is 0 Å². The molecule has 0 saturated heterocycles. The van der Waals surface area contributed by atoms with E-state index >= 15 is 0 Å². The molecule has 0 aliphatic rings. The molecular formula is C75H82N6O. The summed E-state index contributed by atoms with van der Waals surface area (Å²) in [6.07, 6.45) is 1.61. The number of pyridine rings is 5. The van der Waals surface area contributed by atoms with Gasteiger partial charge in [0.1, 0.15) is 11.8 Å². The quantitative estimate of drug-likeness (QED) is 0.145. The van der Waals surface area contributed by atoms with E-state index < -0.39 is 0 Å². The monoisotopic (exact) mass is 1080 g/mol. The van der Waals surface area contributed by atoms with Crippen molar-refractivity contribution in [1.82, 2.24) is 24.9 Å². The molecule has 10 aromatic rings. The highest BCUT2D eigenvalue weighted by Crippen LogP contribution is 2.35. The number of phenolic OH excluding ortho intramolecular Hbond substituents is 1. The molecule has 0 amide bonds. The molecule has 7 nitrogen and oxygen atoms in total. The maximum Gasteiger partial charge on any atom is 0.128 e. The van der Waals surface area contributed by atoms with Gasteiger partial charge in [-0.2, -0.15) is 5.26 Å². The highest BCUT2D eigenvalue weighted by Gasteiger charge is 2.13. The van der Waals surface area contributed by atoms with Crippen LogP contribution in [0.25, 0.3) is 56.3 Å². The lowest BCUT2D eigenvalue weighted by Gasteiger charge is -2.12. The van der Waals surface area contributed by atoms with Gasteiger partial charge in [-0.15, -0.1) is 0 Å². The molecule has 5 aromatic carbocycles. The van der Waals surface area contributed by atoms with Crippen molar-refractivity contribution in [2.24, 2.45) is 0 Å². The first kappa shape index (κ1) is 62.3. The average Bonchev–Trinajstić information content (AvgIpc) is 3.52. The highest BCUT2D eigenvalue weighted by molar-refractivity contribution is 5.69. The molecule has 418 valence electrons. The van der Waals surface area contributed by atoms with E-state index in [-0.39, 0.29) is 0 Å². The SMILES string of the molecule is CC(C)c1cccc(-c2ccc(C#N)cn2)c1.Cc1cccc(-c2cccc(C(C)C)c2)n1.Cc1cccc(-c2cccc(C(C)C)c2O)n1.Cc1cccc(-c2cccc(C(C)C)n2)c1.Cc1cccc(-c2cccc(C(C)C)n2)c1. The van der Waals surface area contributed by atoms with Crippen molar-refractivity contribution in [1.29, 1.82) is 5.26 Å². The fourth-order valence-corrected chi connectivity index (χ4v) is 8.85. The summed E-state index contributed by atoms with van der Waals surface area (Å²) in [7, 11) is 0. The molecule has 7 heteroatoms. The van der Waals surface area contributed by atoms with Gasteiger partial charge in [0.15, 0.2) is 0 Å². The van der Waals surface area contributed by atoms with Gasteiger partial charge in [-0.1, -0.05) is 190 Å². The number of phenols is 1. The summed E-state index contributed by atoms with van der Waals surface area (Å²) >= 11 is 0. The number of hydrogen-bond donors (Lipinski definition) is 1. The van der Waals surface area contributed by atoms with Crippen LogP contribution in [0.3, 0.4) is 0 Å². The zero-order valence-corrected chi connectivity index (χ0v) is 50.6. The molecule has 1 N–H and O–H groups in total. The second-order valence-electron chi connectivity index (χ2n) is 22.3. The third-order valence-electron chi connectivity index (χ3n) is 13.7. The van der Waals surface area contributed by atoms with Crippen LogP contribution in [-0.4, -0.2) is 30.0 Å². The number of nitrogens with zero attached hydrogens (tertiary/aromatic N) is 6. The van der Waals surface area contributed by atoms with Gasteiger partial charge in [0.25, 0.3) is 0 Å². The van der Waals surface area contributed by atoms with Crippen LogP contribution >= 0.6 is 0 Å². The van der Waals surface area contributed by atoms with E-state index in [0.29, 0.717) is 40.9 Å². The third-order valence-corrected chi connectivity index (χ3v) is 13.7. The Kier molecular flexibility index (Phi) is 23.3. The highest BCUT2D eigenvalue weighted by atomic mass is 16.3. The van der Waals surface area contributed by atoms with Crippen LogP contribution in [0.4, 0.5) is 0 Å². The summed E-state index contributed by atoms with van der Waals surface area (Å²) in [5.41, 5.74) is 21.5. The Morgan fingerprint density at radius 2 is 0.768 bits per heavy atom. The second-order valence-corrected chi connectivity index (χ2v) is 22.3. The van der Waals surface area contributed by atoms with Gasteiger partial charge in [-0.05, 0) is 165 Å². The van der Waals surface area contributed by atoms with Crippen LogP contribution < -0.4 is 0 Å². The topological polar surface area (TPSA) is 108 Å². The zero-order valence-electron chi connectivity index (χ0n) is 50.6. The van der Waals surface area contributed by atoms with Crippen molar-refractivity contribution in [3.63, 3.8) is 0 Å². The molecular weight excluding hydrogens is 1000 g/mol. The Labute approximate surface area is 490 Å². The predicted octanol–water partition coefficient (Wildman–Crippen LogP) is 20.2. The van der Waals surface area contributed by atoms with Crippen molar-refractivity contribution < 1.29 is 5.11 Å². The maximum absolute atomic E-state index is 10.3. The van der Waals surface area contributed by atoms with Gasteiger partial charge >= 0.3 is 0 Å². The van der Waals surface area contributed by atoms with E-state index in [1.54, 1.807) is 12.3 Å². The van der Waals surface area contributed by atoms with Crippen molar-refractivity contribution in [3.05, 3.63) is 263 Å². The second kappa shape index (κ2) is 30.7. The average molecular weight is 1080 g/mol. The van der Waals surface area contributed by atoms with Crippen LogP contribution in [0.2, 0.25) is 0 Å². The number of benzene rings is 5. The van der Waals surface area contributed by atoms with Crippen molar-refractivity contribution in [3.8, 4) is 68.1 Å². The number of aromatic hydroxyl groups is 1. The molecule has 0 atom stereocenters. The first-order valence-corrected chi connectivity index (χ1v) is 28.6. The van der Waals surface area contributed by atoms with Crippen LogP contribution in [-0.2, 0) is 0 Å². The summed E-state index contributed by atoms with van der Waals surface area (Å²) < 4.78 is 0. The number of aryl methyl sites for hydroxylation is 4. The minimum Gasteiger partial charge on any atom is -0.507 e. The Bertz CT molecular complexity index is 3440. The molecule has 0 spiro atoms. The molecule has 0 fully saturated rings. The first-order chi connectivity index (χ1) is 39.3. The van der Waals surface area contributed by atoms with Gasteiger partial charge in [0, 0.05) is 56.8 Å². The molecule has 0 aliphatic heterocycles. The zero-order chi connectivity index (χ0) is 59.3. The van der Waals surface area contributed by atoms with E-state index in [0.717, 1.165) is 67.9 Å². The number of aromatic nitrogens is 5. The van der Waals surface area contributed by atoms with Crippen LogP contribution in [0.5, 0.6) is 5.75 Å². The van der Waals surface area contributed by atoms with Gasteiger partial charge in [0.05, 0.1) is 34.0 Å². The van der Waals surface area contributed by atoms with Crippen molar-refractivity contribution in [2.75, 3.05) is 0 Å². The summed E-state index contributed by atoms with van der Waals surface area (Å²) in [5.74, 6) is 2.67. The summed E-state index contributed by atoms with van der Waals surface area (Å²) in [6, 6.07) is 70.0. The lowest BCUT2D eigenvalue weighted by atomic mass is 9.97. The van der Waals surface area contributed by atoms with E-state index in [4.69, 9.17) is 5.26 Å². The molecule has 5 aromatic heterocycles. The van der Waals surface area contributed by atoms with E-state index in [1.807, 2.05) is 74.5 Å². The molecule has 82 heavy (non-hydrogen) atoms. The van der Waals surface area contributed by atoms with Gasteiger partial charge in [-0.3, -0.25) is 24.9 Å². The molecule has 0 unspecified atom stereocenters.